The highest BCUT2D eigenvalue weighted by molar-refractivity contribution is 5.80. The standard InChI is InChI=1S/C16H24N2O2/c1-12(2)20-15-8-4-3-6-13(15)10-16(19)18-9-5-7-14(18)11-17/h3-4,6,8,12,14H,5,7,9-11,17H2,1-2H3/t14-/m0/s1. The van der Waals surface area contributed by atoms with Crippen molar-refractivity contribution in [3.05, 3.63) is 29.8 Å². The molecule has 0 saturated carbocycles. The van der Waals surface area contributed by atoms with Gasteiger partial charge in [0.1, 0.15) is 5.75 Å². The van der Waals surface area contributed by atoms with Crippen LogP contribution in [0.15, 0.2) is 24.3 Å². The minimum absolute atomic E-state index is 0.106. The van der Waals surface area contributed by atoms with E-state index in [4.69, 9.17) is 10.5 Å². The van der Waals surface area contributed by atoms with Crippen LogP contribution in [0, 0.1) is 0 Å². The van der Waals surface area contributed by atoms with Gasteiger partial charge in [0.15, 0.2) is 0 Å². The van der Waals surface area contributed by atoms with Crippen LogP contribution in [0.25, 0.3) is 0 Å². The average molecular weight is 276 g/mol. The zero-order valence-electron chi connectivity index (χ0n) is 12.3. The predicted molar refractivity (Wildman–Crippen MR) is 79.7 cm³/mol. The SMILES string of the molecule is CC(C)Oc1ccccc1CC(=O)N1CCC[C@H]1CN. The molecule has 1 aliphatic rings. The number of carbonyl (C=O) groups is 1. The lowest BCUT2D eigenvalue weighted by atomic mass is 10.1. The number of hydrogen-bond donors (Lipinski definition) is 1. The third-order valence-corrected chi connectivity index (χ3v) is 3.65. The molecule has 1 aromatic rings. The van der Waals surface area contributed by atoms with Crippen molar-refractivity contribution in [3.8, 4) is 5.75 Å². The van der Waals surface area contributed by atoms with Gasteiger partial charge in [0.2, 0.25) is 5.91 Å². The third-order valence-electron chi connectivity index (χ3n) is 3.65. The summed E-state index contributed by atoms with van der Waals surface area (Å²) >= 11 is 0. The number of benzene rings is 1. The normalized spacial score (nSPS) is 18.6. The predicted octanol–water partition coefficient (Wildman–Crippen LogP) is 1.97. The van der Waals surface area contributed by atoms with Crippen LogP contribution in [0.2, 0.25) is 0 Å². The Balaban J connectivity index is 2.07. The summed E-state index contributed by atoms with van der Waals surface area (Å²) in [5, 5.41) is 0. The maximum Gasteiger partial charge on any atom is 0.227 e. The summed E-state index contributed by atoms with van der Waals surface area (Å²) in [7, 11) is 0. The zero-order valence-corrected chi connectivity index (χ0v) is 12.3. The molecule has 1 aromatic carbocycles. The van der Waals surface area contributed by atoms with Crippen LogP contribution in [0.1, 0.15) is 32.3 Å². The molecule has 0 bridgehead atoms. The first-order valence-corrected chi connectivity index (χ1v) is 7.36. The van der Waals surface area contributed by atoms with Crippen LogP contribution < -0.4 is 10.5 Å². The summed E-state index contributed by atoms with van der Waals surface area (Å²) in [5.74, 6) is 0.956. The van der Waals surface area contributed by atoms with Gasteiger partial charge in [-0.15, -0.1) is 0 Å². The van der Waals surface area contributed by atoms with E-state index in [1.54, 1.807) is 0 Å². The number of para-hydroxylation sites is 1. The number of nitrogens with zero attached hydrogens (tertiary/aromatic N) is 1. The Morgan fingerprint density at radius 3 is 2.90 bits per heavy atom. The van der Waals surface area contributed by atoms with Gasteiger partial charge < -0.3 is 15.4 Å². The van der Waals surface area contributed by atoms with Gasteiger partial charge in [-0.05, 0) is 32.8 Å². The highest BCUT2D eigenvalue weighted by Crippen LogP contribution is 2.23. The molecule has 110 valence electrons. The molecule has 2 N–H and O–H groups in total. The minimum atomic E-state index is 0.106. The lowest BCUT2D eigenvalue weighted by Crippen LogP contribution is -2.40. The Hall–Kier alpha value is -1.55. The first-order valence-electron chi connectivity index (χ1n) is 7.36. The number of amides is 1. The molecule has 0 aromatic heterocycles. The van der Waals surface area contributed by atoms with E-state index in [1.807, 2.05) is 43.0 Å². The van der Waals surface area contributed by atoms with Crippen LogP contribution in [0.4, 0.5) is 0 Å². The molecule has 1 saturated heterocycles. The van der Waals surface area contributed by atoms with Crippen LogP contribution in [-0.2, 0) is 11.2 Å². The van der Waals surface area contributed by atoms with E-state index in [1.165, 1.54) is 0 Å². The number of carbonyl (C=O) groups excluding carboxylic acids is 1. The monoisotopic (exact) mass is 276 g/mol. The summed E-state index contributed by atoms with van der Waals surface area (Å²) in [6, 6.07) is 7.97. The number of likely N-dealkylation sites (tertiary alicyclic amines) is 1. The topological polar surface area (TPSA) is 55.6 Å². The van der Waals surface area contributed by atoms with E-state index in [0.29, 0.717) is 13.0 Å². The maximum atomic E-state index is 12.4. The van der Waals surface area contributed by atoms with Gasteiger partial charge in [-0.25, -0.2) is 0 Å². The smallest absolute Gasteiger partial charge is 0.227 e. The van der Waals surface area contributed by atoms with Crippen molar-refractivity contribution < 1.29 is 9.53 Å². The first kappa shape index (κ1) is 14.9. The number of hydrogen-bond acceptors (Lipinski definition) is 3. The summed E-state index contributed by atoms with van der Waals surface area (Å²) in [6.45, 7) is 5.36. The zero-order chi connectivity index (χ0) is 14.5. The molecular weight excluding hydrogens is 252 g/mol. The fourth-order valence-corrected chi connectivity index (χ4v) is 2.69. The number of ether oxygens (including phenoxy) is 1. The Labute approximate surface area is 120 Å². The second kappa shape index (κ2) is 6.75. The highest BCUT2D eigenvalue weighted by atomic mass is 16.5. The molecule has 0 unspecified atom stereocenters. The van der Waals surface area contributed by atoms with Crippen molar-refractivity contribution in [1.29, 1.82) is 0 Å². The average Bonchev–Trinajstić information content (AvgIpc) is 2.88. The fraction of sp³-hybridized carbons (Fsp3) is 0.562. The van der Waals surface area contributed by atoms with E-state index in [-0.39, 0.29) is 18.1 Å². The van der Waals surface area contributed by atoms with Crippen LogP contribution >= 0.6 is 0 Å². The van der Waals surface area contributed by atoms with E-state index in [0.717, 1.165) is 30.7 Å². The molecule has 1 amide bonds. The Bertz CT molecular complexity index is 460. The Kier molecular flexibility index (Phi) is 5.01. The number of rotatable bonds is 5. The second-order valence-corrected chi connectivity index (χ2v) is 5.57. The largest absolute Gasteiger partial charge is 0.491 e. The molecule has 0 radical (unpaired) electrons. The van der Waals surface area contributed by atoms with Crippen molar-refractivity contribution in [2.45, 2.75) is 45.3 Å². The van der Waals surface area contributed by atoms with Crippen molar-refractivity contribution in [2.24, 2.45) is 5.73 Å². The van der Waals surface area contributed by atoms with Gasteiger partial charge in [0.05, 0.1) is 12.5 Å². The fourth-order valence-electron chi connectivity index (χ4n) is 2.69. The van der Waals surface area contributed by atoms with Gasteiger partial charge in [-0.2, -0.15) is 0 Å². The van der Waals surface area contributed by atoms with E-state index < -0.39 is 0 Å². The van der Waals surface area contributed by atoms with Gasteiger partial charge in [0, 0.05) is 24.7 Å². The summed E-state index contributed by atoms with van der Waals surface area (Å²) < 4.78 is 5.77. The molecule has 1 atom stereocenters. The Morgan fingerprint density at radius 1 is 1.45 bits per heavy atom. The van der Waals surface area contributed by atoms with Crippen LogP contribution in [-0.4, -0.2) is 36.0 Å². The molecule has 0 aliphatic carbocycles. The number of nitrogens with two attached hydrogens (primary N) is 1. The molecular formula is C16H24N2O2. The molecule has 1 fully saturated rings. The minimum Gasteiger partial charge on any atom is -0.491 e. The summed E-state index contributed by atoms with van der Waals surface area (Å²) in [4.78, 5) is 14.4. The van der Waals surface area contributed by atoms with Crippen molar-refractivity contribution >= 4 is 5.91 Å². The molecule has 0 spiro atoms. The van der Waals surface area contributed by atoms with Gasteiger partial charge in [-0.3, -0.25) is 4.79 Å². The van der Waals surface area contributed by atoms with E-state index >= 15 is 0 Å². The molecule has 2 rings (SSSR count). The van der Waals surface area contributed by atoms with Crippen LogP contribution in [0.3, 0.4) is 0 Å². The summed E-state index contributed by atoms with van der Waals surface area (Å²) in [6.07, 6.45) is 2.57. The van der Waals surface area contributed by atoms with Crippen molar-refractivity contribution in [1.82, 2.24) is 4.90 Å². The first-order chi connectivity index (χ1) is 9.61. The maximum absolute atomic E-state index is 12.4. The third kappa shape index (κ3) is 3.51. The van der Waals surface area contributed by atoms with Gasteiger partial charge >= 0.3 is 0 Å². The quantitative estimate of drug-likeness (QED) is 0.894. The lowest BCUT2D eigenvalue weighted by Gasteiger charge is -2.24. The molecule has 20 heavy (non-hydrogen) atoms. The molecule has 4 nitrogen and oxygen atoms in total. The van der Waals surface area contributed by atoms with E-state index in [2.05, 4.69) is 0 Å². The van der Waals surface area contributed by atoms with Crippen LogP contribution in [0.5, 0.6) is 5.75 Å². The molecule has 1 aliphatic heterocycles. The summed E-state index contributed by atoms with van der Waals surface area (Å²) in [5.41, 5.74) is 6.69. The highest BCUT2D eigenvalue weighted by Gasteiger charge is 2.27. The van der Waals surface area contributed by atoms with Gasteiger partial charge in [-0.1, -0.05) is 18.2 Å². The molecule has 1 heterocycles. The Morgan fingerprint density at radius 2 is 2.20 bits per heavy atom. The lowest BCUT2D eigenvalue weighted by molar-refractivity contribution is -0.131. The second-order valence-electron chi connectivity index (χ2n) is 5.57. The van der Waals surface area contributed by atoms with E-state index in [9.17, 15) is 4.79 Å². The van der Waals surface area contributed by atoms with Gasteiger partial charge in [0.25, 0.3) is 0 Å². The van der Waals surface area contributed by atoms with Crippen molar-refractivity contribution in [3.63, 3.8) is 0 Å². The molecule has 4 heteroatoms. The van der Waals surface area contributed by atoms with Crippen molar-refractivity contribution in [2.75, 3.05) is 13.1 Å².